The Kier molecular flexibility index (Phi) is 9.61. The molecule has 2 saturated carbocycles. The van der Waals surface area contributed by atoms with Crippen molar-refractivity contribution >= 4 is 73.1 Å². The van der Waals surface area contributed by atoms with Crippen LogP contribution in [0.2, 0.25) is 0 Å². The van der Waals surface area contributed by atoms with Gasteiger partial charge in [0.1, 0.15) is 11.9 Å². The summed E-state index contributed by atoms with van der Waals surface area (Å²) in [6, 6.07) is 2.78. The Morgan fingerprint density at radius 1 is 0.893 bits per heavy atom. The number of Topliss-reactive ketones (excluding diaryl/α,β-unsaturated/α-hetero) is 1. The molecule has 5 aromatic rings. The summed E-state index contributed by atoms with van der Waals surface area (Å²) >= 11 is 0. The normalized spacial score (nSPS) is 22.4. The summed E-state index contributed by atoms with van der Waals surface area (Å²) in [6.07, 6.45) is 6.84. The van der Waals surface area contributed by atoms with Crippen molar-refractivity contribution in [2.75, 3.05) is 12.4 Å². The van der Waals surface area contributed by atoms with Gasteiger partial charge >= 0.3 is 5.97 Å². The summed E-state index contributed by atoms with van der Waals surface area (Å²) in [5.41, 5.74) is 2.12. The molecule has 0 aliphatic heterocycles. The van der Waals surface area contributed by atoms with E-state index in [9.17, 15) is 39.6 Å². The Morgan fingerprint density at radius 2 is 1.59 bits per heavy atom. The zero-order chi connectivity index (χ0) is 39.7. The van der Waals surface area contributed by atoms with Gasteiger partial charge in [0.05, 0.1) is 42.9 Å². The van der Waals surface area contributed by atoms with Crippen LogP contribution in [-0.2, 0) is 38.8 Å². The van der Waals surface area contributed by atoms with E-state index < -0.39 is 42.2 Å². The molecule has 3 aliphatic carbocycles. The average Bonchev–Trinajstić information content (AvgIpc) is 3.30. The molecule has 5 unspecified atom stereocenters. The van der Waals surface area contributed by atoms with Crippen molar-refractivity contribution in [1.82, 2.24) is 0 Å². The number of ketones is 1. The highest BCUT2D eigenvalue weighted by Gasteiger charge is 2.38. The maximum Gasteiger partial charge on any atom is 0.306 e. The van der Waals surface area contributed by atoms with Gasteiger partial charge in [0.25, 0.3) is 6.47 Å². The van der Waals surface area contributed by atoms with Crippen LogP contribution < -0.4 is 20.9 Å². The standard InChI is InChI=1S/C44H45NO11/c1-19-10-27-28(12-21-6-4-7-22(11-21)44(53)54)41(51)35-29(45-25-8-5-9-26(15-25)56-18-48)13-23(16-46)32-33-24(17-47)14-30(50)36-38(33)39(34(27)37(32)35)40(31(19)20(2)49)43(55-3)42(36)52/h10,13-14,18,21-22,25-26,31,45-47,52H,4-9,11-12,15-17H2,1-3H3,(H,53,54). The molecule has 0 amide bonds. The molecule has 0 bridgehead atoms. The number of carboxylic acids is 1. The number of ether oxygens (including phenoxy) is 2. The SMILES string of the molecule is COc1c(O)c2c(=O)cc(CO)c3c4c(CO)cc(NC5CCCC(OC=O)C5)c5c(=O)c(CC6CCCC(C(=O)O)C6)c6c(c(c1C(C(C)=O)C(C)=C6)c23)c54. The largest absolute Gasteiger partial charge is 0.504 e. The zero-order valence-electron chi connectivity index (χ0n) is 31.6. The van der Waals surface area contributed by atoms with Crippen LogP contribution in [0.15, 0.2) is 27.3 Å². The lowest BCUT2D eigenvalue weighted by Crippen LogP contribution is -2.32. The number of fused-ring (bicyclic) bond motifs is 1. The Morgan fingerprint density at radius 3 is 2.25 bits per heavy atom. The first-order valence-electron chi connectivity index (χ1n) is 19.4. The van der Waals surface area contributed by atoms with Crippen molar-refractivity contribution in [3.05, 3.63) is 66.0 Å². The summed E-state index contributed by atoms with van der Waals surface area (Å²) < 4.78 is 11.2. The molecule has 12 heteroatoms. The summed E-state index contributed by atoms with van der Waals surface area (Å²) in [5, 5.41) is 50.2. The topological polar surface area (TPSA) is 197 Å². The second-order valence-corrected chi connectivity index (χ2v) is 16.0. The second kappa shape index (κ2) is 14.3. The Balaban J connectivity index is 1.60. The monoisotopic (exact) mass is 763 g/mol. The second-order valence-electron chi connectivity index (χ2n) is 16.0. The maximum absolute atomic E-state index is 15.5. The van der Waals surface area contributed by atoms with E-state index >= 15 is 4.79 Å². The Hall–Kier alpha value is -5.33. The Bertz CT molecular complexity index is 2610. The minimum Gasteiger partial charge on any atom is -0.504 e. The number of hydrogen-bond acceptors (Lipinski definition) is 11. The van der Waals surface area contributed by atoms with Crippen molar-refractivity contribution in [2.24, 2.45) is 11.8 Å². The van der Waals surface area contributed by atoms with Crippen molar-refractivity contribution in [1.29, 1.82) is 0 Å². The molecule has 0 radical (unpaired) electrons. The summed E-state index contributed by atoms with van der Waals surface area (Å²) in [6.45, 7) is 2.62. The van der Waals surface area contributed by atoms with Crippen molar-refractivity contribution in [2.45, 2.75) is 103 Å². The third-order valence-corrected chi connectivity index (χ3v) is 12.8. The molecule has 56 heavy (non-hydrogen) atoms. The van der Waals surface area contributed by atoms with Gasteiger partial charge in [-0.05, 0) is 109 Å². The number of methoxy groups -OCH3 is 1. The highest BCUT2D eigenvalue weighted by Crippen LogP contribution is 2.56. The highest BCUT2D eigenvalue weighted by atomic mass is 16.5. The molecule has 5 N–H and O–H groups in total. The molecule has 0 heterocycles. The number of anilines is 1. The quantitative estimate of drug-likeness (QED) is 0.0598. The van der Waals surface area contributed by atoms with E-state index in [4.69, 9.17) is 9.47 Å². The van der Waals surface area contributed by atoms with Gasteiger partial charge in [-0.1, -0.05) is 24.5 Å². The van der Waals surface area contributed by atoms with E-state index in [1.54, 1.807) is 13.0 Å². The molecule has 5 aromatic carbocycles. The van der Waals surface area contributed by atoms with Crippen LogP contribution in [0.5, 0.6) is 11.5 Å². The molecular formula is C44H45NO11. The van der Waals surface area contributed by atoms with Gasteiger partial charge in [-0.25, -0.2) is 0 Å². The summed E-state index contributed by atoms with van der Waals surface area (Å²) in [5.74, 6) is -3.26. The van der Waals surface area contributed by atoms with Crippen molar-refractivity contribution in [3.63, 3.8) is 0 Å². The van der Waals surface area contributed by atoms with E-state index in [0.717, 1.165) is 19.3 Å². The van der Waals surface area contributed by atoms with Gasteiger partial charge in [-0.3, -0.25) is 24.0 Å². The minimum absolute atomic E-state index is 0.0471. The highest BCUT2D eigenvalue weighted by molar-refractivity contribution is 6.39. The number of carboxylic acid groups (broad SMARTS) is 1. The number of nitrogens with one attached hydrogen (secondary N) is 1. The average molecular weight is 764 g/mol. The van der Waals surface area contributed by atoms with Crippen LogP contribution in [0, 0.1) is 11.8 Å². The fraction of sp³-hybridized carbons (Fsp3) is 0.432. The predicted molar refractivity (Wildman–Crippen MR) is 212 cm³/mol. The first-order valence-corrected chi connectivity index (χ1v) is 19.4. The molecule has 12 nitrogen and oxygen atoms in total. The lowest BCUT2D eigenvalue weighted by Gasteiger charge is -2.31. The first-order chi connectivity index (χ1) is 26.9. The van der Waals surface area contributed by atoms with Crippen LogP contribution in [0.1, 0.15) is 98.9 Å². The van der Waals surface area contributed by atoms with Gasteiger partial charge < -0.3 is 35.2 Å². The number of phenols is 1. The number of aliphatic carboxylic acids is 1. The first kappa shape index (κ1) is 37.6. The molecular weight excluding hydrogens is 718 g/mol. The molecule has 0 aromatic heterocycles. The molecule has 2 fully saturated rings. The molecule has 8 rings (SSSR count). The van der Waals surface area contributed by atoms with Gasteiger partial charge in [-0.2, -0.15) is 0 Å². The molecule has 5 atom stereocenters. The number of aliphatic hydroxyl groups is 2. The van der Waals surface area contributed by atoms with E-state index in [2.05, 4.69) is 5.32 Å². The zero-order valence-corrected chi connectivity index (χ0v) is 31.6. The van der Waals surface area contributed by atoms with Crippen molar-refractivity contribution < 1.29 is 44.3 Å². The number of rotatable bonds is 11. The third kappa shape index (κ3) is 5.67. The number of aromatic hydroxyl groups is 1. The fourth-order valence-electron chi connectivity index (χ4n) is 10.5. The van der Waals surface area contributed by atoms with E-state index in [0.29, 0.717) is 110 Å². The van der Waals surface area contributed by atoms with E-state index in [1.165, 1.54) is 20.1 Å². The number of carbonyl (C=O) groups is 3. The van der Waals surface area contributed by atoms with Gasteiger partial charge in [0.2, 0.25) is 0 Å². The fourth-order valence-corrected chi connectivity index (χ4v) is 10.5. The molecule has 292 valence electrons. The molecule has 0 spiro atoms. The van der Waals surface area contributed by atoms with Gasteiger partial charge in [0.15, 0.2) is 22.4 Å². The number of carbonyl (C=O) groups excluding carboxylic acids is 2. The lowest BCUT2D eigenvalue weighted by molar-refractivity contribution is -0.143. The van der Waals surface area contributed by atoms with E-state index in [1.807, 2.05) is 6.08 Å². The summed E-state index contributed by atoms with van der Waals surface area (Å²) in [4.78, 5) is 66.8. The number of hydrogen-bond donors (Lipinski definition) is 5. The lowest BCUT2D eigenvalue weighted by atomic mass is 9.76. The van der Waals surface area contributed by atoms with E-state index in [-0.39, 0.29) is 52.4 Å². The van der Waals surface area contributed by atoms with Crippen LogP contribution >= 0.6 is 0 Å². The predicted octanol–water partition coefficient (Wildman–Crippen LogP) is 6.01. The smallest absolute Gasteiger partial charge is 0.306 e. The van der Waals surface area contributed by atoms with Crippen LogP contribution in [-0.4, -0.2) is 57.9 Å². The number of phenolic OH excluding ortho intramolecular Hbond substituents is 1. The summed E-state index contributed by atoms with van der Waals surface area (Å²) in [7, 11) is 1.36. The van der Waals surface area contributed by atoms with Crippen LogP contribution in [0.4, 0.5) is 5.69 Å². The third-order valence-electron chi connectivity index (χ3n) is 12.8. The minimum atomic E-state index is -0.954. The van der Waals surface area contributed by atoms with Gasteiger partial charge in [0, 0.05) is 40.0 Å². The number of allylic oxidation sites excluding steroid dienone is 1. The number of aliphatic hydroxyl groups excluding tert-OH is 2. The Labute approximate surface area is 321 Å². The van der Waals surface area contributed by atoms with Crippen LogP contribution in [0.3, 0.4) is 0 Å². The van der Waals surface area contributed by atoms with Gasteiger partial charge in [-0.15, -0.1) is 0 Å². The molecule has 0 saturated heterocycles. The van der Waals surface area contributed by atoms with Crippen LogP contribution in [0.25, 0.3) is 49.2 Å². The maximum atomic E-state index is 15.5. The number of benzene rings is 5. The van der Waals surface area contributed by atoms with Crippen molar-refractivity contribution in [3.8, 4) is 11.5 Å². The molecule has 3 aliphatic rings.